The van der Waals surface area contributed by atoms with Crippen molar-refractivity contribution < 1.29 is 9.90 Å². The minimum atomic E-state index is -0.621. The van der Waals surface area contributed by atoms with Crippen molar-refractivity contribution in [2.24, 2.45) is 0 Å². The monoisotopic (exact) mass is 183 g/mol. The predicted molar refractivity (Wildman–Crippen MR) is 49.6 cm³/mol. The highest BCUT2D eigenvalue weighted by atomic mass is 16.4. The minimum absolute atomic E-state index is 0.178. The van der Waals surface area contributed by atoms with Gasteiger partial charge in [-0.05, 0) is 32.2 Å². The zero-order chi connectivity index (χ0) is 9.26. The molecule has 2 rings (SSSR count). The van der Waals surface area contributed by atoms with Gasteiger partial charge in [0.15, 0.2) is 0 Å². The Hall–Kier alpha value is -0.570. The first kappa shape index (κ1) is 9.00. The number of aliphatic carboxylic acids is 1. The standard InChI is InChI=1S/C10H17NO2/c12-10(13)9-6-3-7-11(9)8-4-1-2-5-8/h8-9H,1-7H2,(H,12,13). The molecule has 0 spiro atoms. The number of carboxylic acids is 1. The lowest BCUT2D eigenvalue weighted by atomic mass is 10.1. The second-order valence-electron chi connectivity index (χ2n) is 4.17. The van der Waals surface area contributed by atoms with Crippen molar-refractivity contribution in [3.8, 4) is 0 Å². The van der Waals surface area contributed by atoms with Gasteiger partial charge in [0.05, 0.1) is 0 Å². The van der Waals surface area contributed by atoms with Crippen molar-refractivity contribution in [2.75, 3.05) is 6.54 Å². The third-order valence-electron chi connectivity index (χ3n) is 3.37. The molecule has 13 heavy (non-hydrogen) atoms. The summed E-state index contributed by atoms with van der Waals surface area (Å²) in [5.41, 5.74) is 0. The van der Waals surface area contributed by atoms with Gasteiger partial charge in [-0.2, -0.15) is 0 Å². The summed E-state index contributed by atoms with van der Waals surface area (Å²) >= 11 is 0. The van der Waals surface area contributed by atoms with Crippen molar-refractivity contribution in [2.45, 2.75) is 50.6 Å². The molecule has 1 aliphatic carbocycles. The molecule has 3 nitrogen and oxygen atoms in total. The summed E-state index contributed by atoms with van der Waals surface area (Å²) in [6.07, 6.45) is 6.91. The molecule has 0 aromatic heterocycles. The summed E-state index contributed by atoms with van der Waals surface area (Å²) < 4.78 is 0. The molecule has 0 amide bonds. The van der Waals surface area contributed by atoms with E-state index in [9.17, 15) is 4.79 Å². The van der Waals surface area contributed by atoms with Gasteiger partial charge in [0.25, 0.3) is 0 Å². The predicted octanol–water partition coefficient (Wildman–Crippen LogP) is 1.48. The number of rotatable bonds is 2. The molecule has 1 heterocycles. The lowest BCUT2D eigenvalue weighted by molar-refractivity contribution is -0.142. The molecule has 0 radical (unpaired) electrons. The van der Waals surface area contributed by atoms with E-state index >= 15 is 0 Å². The normalized spacial score (nSPS) is 31.2. The highest BCUT2D eigenvalue weighted by molar-refractivity contribution is 5.73. The molecule has 0 aromatic rings. The first-order valence-electron chi connectivity index (χ1n) is 5.27. The van der Waals surface area contributed by atoms with E-state index in [-0.39, 0.29) is 6.04 Å². The lowest BCUT2D eigenvalue weighted by Gasteiger charge is -2.27. The fourth-order valence-electron chi connectivity index (χ4n) is 2.73. The van der Waals surface area contributed by atoms with E-state index in [0.717, 1.165) is 19.4 Å². The van der Waals surface area contributed by atoms with E-state index in [0.29, 0.717) is 6.04 Å². The summed E-state index contributed by atoms with van der Waals surface area (Å²) in [6.45, 7) is 1.00. The average Bonchev–Trinajstić information content (AvgIpc) is 2.74. The van der Waals surface area contributed by atoms with Crippen LogP contribution in [0.15, 0.2) is 0 Å². The van der Waals surface area contributed by atoms with Crippen LogP contribution in [-0.2, 0) is 4.79 Å². The first-order chi connectivity index (χ1) is 6.29. The van der Waals surface area contributed by atoms with Crippen LogP contribution in [0, 0.1) is 0 Å². The Morgan fingerprint density at radius 2 is 1.85 bits per heavy atom. The third kappa shape index (κ3) is 1.70. The Labute approximate surface area is 78.7 Å². The minimum Gasteiger partial charge on any atom is -0.480 e. The van der Waals surface area contributed by atoms with Crippen molar-refractivity contribution in [1.82, 2.24) is 4.90 Å². The molecule has 0 bridgehead atoms. The van der Waals surface area contributed by atoms with Gasteiger partial charge in [0, 0.05) is 6.04 Å². The van der Waals surface area contributed by atoms with Gasteiger partial charge in [-0.1, -0.05) is 12.8 Å². The SMILES string of the molecule is O=C(O)C1CCCN1C1CCCC1. The fraction of sp³-hybridized carbons (Fsp3) is 0.900. The second-order valence-corrected chi connectivity index (χ2v) is 4.17. The van der Waals surface area contributed by atoms with Crippen molar-refractivity contribution in [3.05, 3.63) is 0 Å². The van der Waals surface area contributed by atoms with E-state index in [2.05, 4.69) is 4.90 Å². The molecule has 2 aliphatic rings. The van der Waals surface area contributed by atoms with Gasteiger partial charge >= 0.3 is 5.97 Å². The Bertz CT molecular complexity index is 199. The number of nitrogens with zero attached hydrogens (tertiary/aromatic N) is 1. The van der Waals surface area contributed by atoms with Gasteiger partial charge in [0.2, 0.25) is 0 Å². The van der Waals surface area contributed by atoms with Crippen LogP contribution in [0.3, 0.4) is 0 Å². The Morgan fingerprint density at radius 1 is 1.15 bits per heavy atom. The number of hydrogen-bond donors (Lipinski definition) is 1. The number of likely N-dealkylation sites (tertiary alicyclic amines) is 1. The van der Waals surface area contributed by atoms with Crippen molar-refractivity contribution >= 4 is 5.97 Å². The highest BCUT2D eigenvalue weighted by Crippen LogP contribution is 2.29. The van der Waals surface area contributed by atoms with Crippen LogP contribution in [0.1, 0.15) is 38.5 Å². The van der Waals surface area contributed by atoms with Crippen LogP contribution in [0.2, 0.25) is 0 Å². The summed E-state index contributed by atoms with van der Waals surface area (Å²) in [6, 6.07) is 0.395. The quantitative estimate of drug-likeness (QED) is 0.705. The maximum absolute atomic E-state index is 10.9. The zero-order valence-corrected chi connectivity index (χ0v) is 7.91. The summed E-state index contributed by atoms with van der Waals surface area (Å²) in [5, 5.41) is 9.00. The molecular weight excluding hydrogens is 166 g/mol. The molecule has 3 heteroatoms. The molecular formula is C10H17NO2. The number of carboxylic acid groups (broad SMARTS) is 1. The molecule has 1 saturated carbocycles. The van der Waals surface area contributed by atoms with E-state index in [1.807, 2.05) is 0 Å². The topological polar surface area (TPSA) is 40.5 Å². The summed E-state index contributed by atoms with van der Waals surface area (Å²) in [7, 11) is 0. The third-order valence-corrected chi connectivity index (χ3v) is 3.37. The van der Waals surface area contributed by atoms with Crippen LogP contribution in [0.25, 0.3) is 0 Å². The highest BCUT2D eigenvalue weighted by Gasteiger charge is 2.36. The first-order valence-corrected chi connectivity index (χ1v) is 5.27. The summed E-state index contributed by atoms with van der Waals surface area (Å²) in [5.74, 6) is -0.621. The van der Waals surface area contributed by atoms with E-state index in [1.54, 1.807) is 0 Å². The Morgan fingerprint density at radius 3 is 2.46 bits per heavy atom. The molecule has 1 N–H and O–H groups in total. The van der Waals surface area contributed by atoms with Crippen LogP contribution in [-0.4, -0.2) is 34.6 Å². The van der Waals surface area contributed by atoms with Crippen LogP contribution in [0.4, 0.5) is 0 Å². The van der Waals surface area contributed by atoms with Crippen LogP contribution in [0.5, 0.6) is 0 Å². The van der Waals surface area contributed by atoms with Crippen molar-refractivity contribution in [3.63, 3.8) is 0 Å². The van der Waals surface area contributed by atoms with Gasteiger partial charge in [0.1, 0.15) is 6.04 Å². The van der Waals surface area contributed by atoms with Crippen molar-refractivity contribution in [1.29, 1.82) is 0 Å². The molecule has 74 valence electrons. The van der Waals surface area contributed by atoms with Gasteiger partial charge in [-0.15, -0.1) is 0 Å². The molecule has 1 atom stereocenters. The number of carbonyl (C=O) groups is 1. The lowest BCUT2D eigenvalue weighted by Crippen LogP contribution is -2.41. The van der Waals surface area contributed by atoms with E-state index in [4.69, 9.17) is 5.11 Å². The zero-order valence-electron chi connectivity index (χ0n) is 7.91. The molecule has 2 fully saturated rings. The molecule has 0 aromatic carbocycles. The van der Waals surface area contributed by atoms with Crippen LogP contribution >= 0.6 is 0 Å². The van der Waals surface area contributed by atoms with Gasteiger partial charge in [-0.3, -0.25) is 9.69 Å². The summed E-state index contributed by atoms with van der Waals surface area (Å²) in [4.78, 5) is 13.1. The van der Waals surface area contributed by atoms with E-state index < -0.39 is 5.97 Å². The Balaban J connectivity index is 2.00. The maximum Gasteiger partial charge on any atom is 0.320 e. The van der Waals surface area contributed by atoms with E-state index in [1.165, 1.54) is 25.7 Å². The molecule has 1 saturated heterocycles. The fourth-order valence-corrected chi connectivity index (χ4v) is 2.73. The maximum atomic E-state index is 10.9. The Kier molecular flexibility index (Phi) is 2.54. The van der Waals surface area contributed by atoms with Crippen LogP contribution < -0.4 is 0 Å². The van der Waals surface area contributed by atoms with Gasteiger partial charge in [-0.25, -0.2) is 0 Å². The average molecular weight is 183 g/mol. The second kappa shape index (κ2) is 3.66. The molecule has 1 aliphatic heterocycles. The molecule has 1 unspecified atom stereocenters. The van der Waals surface area contributed by atoms with Gasteiger partial charge < -0.3 is 5.11 Å². The number of hydrogen-bond acceptors (Lipinski definition) is 2. The smallest absolute Gasteiger partial charge is 0.320 e. The largest absolute Gasteiger partial charge is 0.480 e.